The predicted molar refractivity (Wildman–Crippen MR) is 76.0 cm³/mol. The topological polar surface area (TPSA) is 56.5 Å². The van der Waals surface area contributed by atoms with E-state index in [1.807, 2.05) is 19.1 Å². The Morgan fingerprint density at radius 2 is 1.94 bits per heavy atom. The van der Waals surface area contributed by atoms with Gasteiger partial charge in [-0.2, -0.15) is 0 Å². The predicted octanol–water partition coefficient (Wildman–Crippen LogP) is 2.43. The summed E-state index contributed by atoms with van der Waals surface area (Å²) >= 11 is 0. The average molecular weight is 252 g/mol. The molecule has 0 aliphatic heterocycles. The summed E-state index contributed by atoms with van der Waals surface area (Å²) in [6.07, 6.45) is 2.14. The van der Waals surface area contributed by atoms with Crippen molar-refractivity contribution in [1.82, 2.24) is 0 Å². The fraction of sp³-hybridized carbons (Fsp3) is 0.571. The Bertz CT molecular complexity index is 322. The number of hydrogen-bond acceptors (Lipinski definition) is 4. The minimum absolute atomic E-state index is 0.667. The second kappa shape index (κ2) is 8.78. The molecule has 0 radical (unpaired) electrons. The summed E-state index contributed by atoms with van der Waals surface area (Å²) in [5.74, 6) is 0. The van der Waals surface area contributed by atoms with E-state index in [4.69, 9.17) is 15.2 Å². The molecule has 0 saturated heterocycles. The molecule has 1 rings (SSSR count). The lowest BCUT2D eigenvalue weighted by atomic mass is 10.2. The van der Waals surface area contributed by atoms with Crippen LogP contribution in [0.1, 0.15) is 18.4 Å². The van der Waals surface area contributed by atoms with Crippen LogP contribution in [-0.4, -0.2) is 33.5 Å². The summed E-state index contributed by atoms with van der Waals surface area (Å²) in [4.78, 5) is 0. The first kappa shape index (κ1) is 14.8. The number of nitrogen functional groups attached to an aromatic ring is 1. The summed E-state index contributed by atoms with van der Waals surface area (Å²) in [6, 6.07) is 6.03. The van der Waals surface area contributed by atoms with Crippen LogP contribution in [0.3, 0.4) is 0 Å². The van der Waals surface area contributed by atoms with Crippen molar-refractivity contribution in [2.24, 2.45) is 0 Å². The molecule has 0 heterocycles. The number of unbranched alkanes of at least 4 members (excludes halogenated alkanes) is 1. The Hall–Kier alpha value is -1.26. The number of rotatable bonds is 9. The molecule has 0 amide bonds. The van der Waals surface area contributed by atoms with Crippen LogP contribution in [-0.2, 0) is 9.47 Å². The number of benzene rings is 1. The molecule has 0 saturated carbocycles. The zero-order chi connectivity index (χ0) is 13.2. The first-order chi connectivity index (χ1) is 8.72. The monoisotopic (exact) mass is 252 g/mol. The molecule has 4 heteroatoms. The van der Waals surface area contributed by atoms with Crippen LogP contribution in [0.5, 0.6) is 0 Å². The van der Waals surface area contributed by atoms with Gasteiger partial charge in [-0.15, -0.1) is 0 Å². The van der Waals surface area contributed by atoms with Crippen molar-refractivity contribution in [2.75, 3.05) is 44.5 Å². The van der Waals surface area contributed by atoms with Crippen LogP contribution in [0.4, 0.5) is 11.4 Å². The number of ether oxygens (including phenoxy) is 2. The fourth-order valence-corrected chi connectivity index (χ4v) is 1.72. The van der Waals surface area contributed by atoms with Crippen molar-refractivity contribution in [2.45, 2.75) is 19.8 Å². The van der Waals surface area contributed by atoms with Crippen LogP contribution in [0.15, 0.2) is 18.2 Å². The molecular formula is C14H24N2O2. The third-order valence-electron chi connectivity index (χ3n) is 2.58. The van der Waals surface area contributed by atoms with E-state index in [1.54, 1.807) is 7.11 Å². The number of aryl methyl sites for hydroxylation is 1. The number of methoxy groups -OCH3 is 1. The minimum atomic E-state index is 0.667. The van der Waals surface area contributed by atoms with Gasteiger partial charge >= 0.3 is 0 Å². The normalized spacial score (nSPS) is 10.6. The lowest BCUT2D eigenvalue weighted by molar-refractivity contribution is 0.0691. The molecule has 0 atom stereocenters. The quantitative estimate of drug-likeness (QED) is 0.523. The second-order valence-corrected chi connectivity index (χ2v) is 4.37. The molecule has 4 nitrogen and oxygen atoms in total. The smallest absolute Gasteiger partial charge is 0.0700 e. The molecule has 1 aromatic rings. The van der Waals surface area contributed by atoms with Crippen molar-refractivity contribution in [3.8, 4) is 0 Å². The van der Waals surface area contributed by atoms with E-state index in [0.717, 1.165) is 37.4 Å². The van der Waals surface area contributed by atoms with E-state index in [9.17, 15) is 0 Å². The molecule has 18 heavy (non-hydrogen) atoms. The molecular weight excluding hydrogens is 228 g/mol. The Balaban J connectivity index is 2.07. The molecule has 0 aromatic heterocycles. The van der Waals surface area contributed by atoms with E-state index in [2.05, 4.69) is 11.4 Å². The highest BCUT2D eigenvalue weighted by Gasteiger charge is 1.96. The van der Waals surface area contributed by atoms with Gasteiger partial charge in [0.15, 0.2) is 0 Å². The standard InChI is InChI=1S/C14H24N2O2/c1-12-9-13(15)11-14(10-12)16-5-3-4-6-18-8-7-17-2/h9-11,16H,3-8,15H2,1-2H3. The van der Waals surface area contributed by atoms with E-state index >= 15 is 0 Å². The maximum absolute atomic E-state index is 5.79. The van der Waals surface area contributed by atoms with Crippen molar-refractivity contribution < 1.29 is 9.47 Å². The lowest BCUT2D eigenvalue weighted by Crippen LogP contribution is -2.06. The Labute approximate surface area is 109 Å². The number of hydrogen-bond donors (Lipinski definition) is 2. The van der Waals surface area contributed by atoms with Crippen LogP contribution in [0.25, 0.3) is 0 Å². The lowest BCUT2D eigenvalue weighted by Gasteiger charge is -2.08. The molecule has 3 N–H and O–H groups in total. The van der Waals surface area contributed by atoms with Crippen LogP contribution < -0.4 is 11.1 Å². The highest BCUT2D eigenvalue weighted by molar-refractivity contribution is 5.56. The van der Waals surface area contributed by atoms with Crippen LogP contribution in [0, 0.1) is 6.92 Å². The van der Waals surface area contributed by atoms with Crippen molar-refractivity contribution in [1.29, 1.82) is 0 Å². The summed E-state index contributed by atoms with van der Waals surface area (Å²) in [6.45, 7) is 5.13. The highest BCUT2D eigenvalue weighted by Crippen LogP contribution is 2.15. The Kier molecular flexibility index (Phi) is 7.22. The van der Waals surface area contributed by atoms with Crippen LogP contribution in [0.2, 0.25) is 0 Å². The van der Waals surface area contributed by atoms with Gasteiger partial charge in [-0.3, -0.25) is 0 Å². The molecule has 0 aliphatic carbocycles. The number of nitrogens with two attached hydrogens (primary N) is 1. The number of nitrogens with one attached hydrogen (secondary N) is 1. The fourth-order valence-electron chi connectivity index (χ4n) is 1.72. The molecule has 1 aromatic carbocycles. The summed E-state index contributed by atoms with van der Waals surface area (Å²) < 4.78 is 10.3. The first-order valence-electron chi connectivity index (χ1n) is 6.40. The van der Waals surface area contributed by atoms with Gasteiger partial charge in [0.1, 0.15) is 0 Å². The average Bonchev–Trinajstić information content (AvgIpc) is 2.31. The van der Waals surface area contributed by atoms with Crippen molar-refractivity contribution in [3.05, 3.63) is 23.8 Å². The molecule has 0 bridgehead atoms. The number of anilines is 2. The second-order valence-electron chi connectivity index (χ2n) is 4.37. The van der Waals surface area contributed by atoms with E-state index < -0.39 is 0 Å². The van der Waals surface area contributed by atoms with Crippen molar-refractivity contribution >= 4 is 11.4 Å². The van der Waals surface area contributed by atoms with E-state index in [0.29, 0.717) is 13.2 Å². The van der Waals surface area contributed by atoms with E-state index in [1.165, 1.54) is 5.56 Å². The molecule has 0 fully saturated rings. The van der Waals surface area contributed by atoms with Gasteiger partial charge in [0, 0.05) is 31.6 Å². The van der Waals surface area contributed by atoms with Crippen LogP contribution >= 0.6 is 0 Å². The van der Waals surface area contributed by atoms with Gasteiger partial charge in [0.25, 0.3) is 0 Å². The van der Waals surface area contributed by atoms with Gasteiger partial charge in [0.2, 0.25) is 0 Å². The minimum Gasteiger partial charge on any atom is -0.399 e. The summed E-state index contributed by atoms with van der Waals surface area (Å²) in [5, 5.41) is 3.37. The molecule has 0 spiro atoms. The Morgan fingerprint density at radius 1 is 1.11 bits per heavy atom. The summed E-state index contributed by atoms with van der Waals surface area (Å²) in [5.41, 5.74) is 8.86. The van der Waals surface area contributed by atoms with Crippen molar-refractivity contribution in [3.63, 3.8) is 0 Å². The van der Waals surface area contributed by atoms with Gasteiger partial charge in [-0.25, -0.2) is 0 Å². The van der Waals surface area contributed by atoms with Gasteiger partial charge in [-0.1, -0.05) is 0 Å². The van der Waals surface area contributed by atoms with E-state index in [-0.39, 0.29) is 0 Å². The summed E-state index contributed by atoms with van der Waals surface area (Å²) in [7, 11) is 1.68. The third kappa shape index (κ3) is 6.47. The largest absolute Gasteiger partial charge is 0.399 e. The first-order valence-corrected chi connectivity index (χ1v) is 6.40. The third-order valence-corrected chi connectivity index (χ3v) is 2.58. The molecule has 0 unspecified atom stereocenters. The maximum atomic E-state index is 5.79. The Morgan fingerprint density at radius 3 is 2.67 bits per heavy atom. The van der Waals surface area contributed by atoms with Gasteiger partial charge < -0.3 is 20.5 Å². The maximum Gasteiger partial charge on any atom is 0.0700 e. The zero-order valence-electron chi connectivity index (χ0n) is 11.4. The molecule has 0 aliphatic rings. The van der Waals surface area contributed by atoms with Gasteiger partial charge in [-0.05, 0) is 43.5 Å². The SMILES string of the molecule is COCCOCCCCNc1cc(C)cc(N)c1. The van der Waals surface area contributed by atoms with Gasteiger partial charge in [0.05, 0.1) is 13.2 Å². The molecule has 102 valence electrons. The highest BCUT2D eigenvalue weighted by atomic mass is 16.5. The zero-order valence-corrected chi connectivity index (χ0v) is 11.4.